The molecule has 0 unspecified atom stereocenters. The van der Waals surface area contributed by atoms with Crippen LogP contribution in [0.4, 0.5) is 11.4 Å². The molecule has 0 aliphatic carbocycles. The number of rotatable bonds is 6. The van der Waals surface area contributed by atoms with Crippen LogP contribution in [0.1, 0.15) is 17.3 Å². The fraction of sp³-hybridized carbons (Fsp3) is 0.167. The number of methoxy groups -OCH3 is 1. The average Bonchev–Trinajstić information content (AvgIpc) is 2.64. The fourth-order valence-corrected chi connectivity index (χ4v) is 2.15. The summed E-state index contributed by atoms with van der Waals surface area (Å²) in [6, 6.07) is 13.5. The maximum Gasteiger partial charge on any atom is 0.269 e. The number of nitrogens with one attached hydrogen (secondary N) is 4. The molecule has 136 valence electrons. The second kappa shape index (κ2) is 9.07. The minimum atomic E-state index is -0.497. The summed E-state index contributed by atoms with van der Waals surface area (Å²) in [5.41, 5.74) is 6.10. The molecule has 0 fully saturated rings. The first-order valence-electron chi connectivity index (χ1n) is 7.83. The molecular formula is C18H20N4O4. The number of anilines is 2. The number of carbonyl (C=O) groups excluding carboxylic acids is 3. The third kappa shape index (κ3) is 5.52. The molecule has 0 aliphatic rings. The van der Waals surface area contributed by atoms with Crippen LogP contribution in [0, 0.1) is 0 Å². The van der Waals surface area contributed by atoms with E-state index in [-0.39, 0.29) is 12.5 Å². The lowest BCUT2D eigenvalue weighted by atomic mass is 10.2. The second-order valence-corrected chi connectivity index (χ2v) is 5.32. The summed E-state index contributed by atoms with van der Waals surface area (Å²) in [6.45, 7) is 1.33. The number of hydrazine groups is 1. The Morgan fingerprint density at radius 1 is 1.00 bits per heavy atom. The number of hydrogen-bond acceptors (Lipinski definition) is 5. The van der Waals surface area contributed by atoms with Gasteiger partial charge in [-0.05, 0) is 30.3 Å². The molecule has 0 saturated carbocycles. The molecule has 0 spiro atoms. The van der Waals surface area contributed by atoms with Crippen molar-refractivity contribution < 1.29 is 19.1 Å². The van der Waals surface area contributed by atoms with Crippen molar-refractivity contribution in [3.63, 3.8) is 0 Å². The van der Waals surface area contributed by atoms with E-state index in [1.165, 1.54) is 20.1 Å². The molecule has 0 saturated heterocycles. The second-order valence-electron chi connectivity index (χ2n) is 5.32. The van der Waals surface area contributed by atoms with E-state index in [0.29, 0.717) is 22.7 Å². The molecule has 0 radical (unpaired) electrons. The average molecular weight is 356 g/mol. The van der Waals surface area contributed by atoms with Crippen LogP contribution in [0.2, 0.25) is 0 Å². The Hall–Kier alpha value is -3.55. The summed E-state index contributed by atoms with van der Waals surface area (Å²) in [5, 5.41) is 5.51. The summed E-state index contributed by atoms with van der Waals surface area (Å²) in [6.07, 6.45) is 0. The third-order valence-electron chi connectivity index (χ3n) is 3.31. The van der Waals surface area contributed by atoms with Gasteiger partial charge >= 0.3 is 0 Å². The van der Waals surface area contributed by atoms with E-state index in [4.69, 9.17) is 4.74 Å². The third-order valence-corrected chi connectivity index (χ3v) is 3.31. The Balaban J connectivity index is 1.85. The van der Waals surface area contributed by atoms with Crippen LogP contribution in [-0.2, 0) is 9.59 Å². The zero-order chi connectivity index (χ0) is 18.9. The van der Waals surface area contributed by atoms with Crippen LogP contribution in [0.3, 0.4) is 0 Å². The number of hydrogen-bond donors (Lipinski definition) is 4. The minimum Gasteiger partial charge on any atom is -0.495 e. The standard InChI is InChI=1S/C18H20N4O4/c1-12(23)20-14-7-5-6-13(10-14)18(25)22-21-17(24)11-19-15-8-3-4-9-16(15)26-2/h3-10,19H,11H2,1-2H3,(H,20,23)(H,21,24)(H,22,25). The Labute approximate surface area is 150 Å². The molecule has 0 aromatic heterocycles. The van der Waals surface area contributed by atoms with Gasteiger partial charge in [0.2, 0.25) is 5.91 Å². The van der Waals surface area contributed by atoms with E-state index in [0.717, 1.165) is 0 Å². The molecule has 3 amide bonds. The molecule has 0 heterocycles. The predicted molar refractivity (Wildman–Crippen MR) is 97.8 cm³/mol. The molecule has 8 nitrogen and oxygen atoms in total. The number of para-hydroxylation sites is 2. The van der Waals surface area contributed by atoms with Crippen LogP contribution < -0.4 is 26.2 Å². The van der Waals surface area contributed by atoms with Gasteiger partial charge < -0.3 is 15.4 Å². The van der Waals surface area contributed by atoms with E-state index in [1.54, 1.807) is 30.3 Å². The van der Waals surface area contributed by atoms with Crippen molar-refractivity contribution >= 4 is 29.1 Å². The Kier molecular flexibility index (Phi) is 6.55. The highest BCUT2D eigenvalue weighted by molar-refractivity contribution is 5.97. The van der Waals surface area contributed by atoms with E-state index >= 15 is 0 Å². The zero-order valence-corrected chi connectivity index (χ0v) is 14.5. The van der Waals surface area contributed by atoms with E-state index in [2.05, 4.69) is 21.5 Å². The highest BCUT2D eigenvalue weighted by atomic mass is 16.5. The molecule has 8 heteroatoms. The predicted octanol–water partition coefficient (Wildman–Crippen LogP) is 1.53. The first-order valence-corrected chi connectivity index (χ1v) is 7.83. The lowest BCUT2D eigenvalue weighted by Crippen LogP contribution is -2.44. The molecule has 0 aliphatic heterocycles. The van der Waals surface area contributed by atoms with Gasteiger partial charge in [0.1, 0.15) is 5.75 Å². The highest BCUT2D eigenvalue weighted by Gasteiger charge is 2.09. The molecule has 0 atom stereocenters. The highest BCUT2D eigenvalue weighted by Crippen LogP contribution is 2.22. The van der Waals surface area contributed by atoms with Crippen molar-refractivity contribution in [3.05, 3.63) is 54.1 Å². The van der Waals surface area contributed by atoms with Gasteiger partial charge in [0.25, 0.3) is 11.8 Å². The Morgan fingerprint density at radius 3 is 2.50 bits per heavy atom. The maximum absolute atomic E-state index is 12.1. The van der Waals surface area contributed by atoms with Gasteiger partial charge in [-0.2, -0.15) is 0 Å². The summed E-state index contributed by atoms with van der Waals surface area (Å²) < 4.78 is 5.18. The number of benzene rings is 2. The number of ether oxygens (including phenoxy) is 1. The van der Waals surface area contributed by atoms with Crippen molar-refractivity contribution in [2.24, 2.45) is 0 Å². The topological polar surface area (TPSA) is 109 Å². The quantitative estimate of drug-likeness (QED) is 0.587. The summed E-state index contributed by atoms with van der Waals surface area (Å²) in [4.78, 5) is 35.0. The van der Waals surface area contributed by atoms with Gasteiger partial charge in [-0.15, -0.1) is 0 Å². The molecule has 2 aromatic rings. The van der Waals surface area contributed by atoms with Gasteiger partial charge in [-0.25, -0.2) is 0 Å². The molecule has 2 aromatic carbocycles. The largest absolute Gasteiger partial charge is 0.495 e. The zero-order valence-electron chi connectivity index (χ0n) is 14.5. The SMILES string of the molecule is COc1ccccc1NCC(=O)NNC(=O)c1cccc(NC(C)=O)c1. The normalized spacial score (nSPS) is 9.77. The number of amides is 3. The van der Waals surface area contributed by atoms with Crippen molar-refractivity contribution in [1.29, 1.82) is 0 Å². The Bertz CT molecular complexity index is 807. The van der Waals surface area contributed by atoms with Gasteiger partial charge in [-0.1, -0.05) is 18.2 Å². The van der Waals surface area contributed by atoms with Crippen LogP contribution in [0.25, 0.3) is 0 Å². The Morgan fingerprint density at radius 2 is 1.77 bits per heavy atom. The van der Waals surface area contributed by atoms with Gasteiger partial charge in [-0.3, -0.25) is 25.2 Å². The first kappa shape index (κ1) is 18.8. The fourth-order valence-electron chi connectivity index (χ4n) is 2.15. The molecule has 2 rings (SSSR count). The lowest BCUT2D eigenvalue weighted by molar-refractivity contribution is -0.120. The summed E-state index contributed by atoms with van der Waals surface area (Å²) in [7, 11) is 1.54. The van der Waals surface area contributed by atoms with E-state index in [9.17, 15) is 14.4 Å². The lowest BCUT2D eigenvalue weighted by Gasteiger charge is -2.12. The van der Waals surface area contributed by atoms with Gasteiger partial charge in [0.05, 0.1) is 19.3 Å². The maximum atomic E-state index is 12.1. The molecule has 4 N–H and O–H groups in total. The van der Waals surface area contributed by atoms with Crippen LogP contribution in [-0.4, -0.2) is 31.4 Å². The van der Waals surface area contributed by atoms with E-state index < -0.39 is 11.8 Å². The van der Waals surface area contributed by atoms with E-state index in [1.807, 2.05) is 12.1 Å². The van der Waals surface area contributed by atoms with Crippen molar-refractivity contribution in [1.82, 2.24) is 10.9 Å². The molecule has 26 heavy (non-hydrogen) atoms. The smallest absolute Gasteiger partial charge is 0.269 e. The van der Waals surface area contributed by atoms with Crippen LogP contribution >= 0.6 is 0 Å². The monoisotopic (exact) mass is 356 g/mol. The molecule has 0 bridgehead atoms. The summed E-state index contributed by atoms with van der Waals surface area (Å²) >= 11 is 0. The van der Waals surface area contributed by atoms with Crippen LogP contribution in [0.5, 0.6) is 5.75 Å². The van der Waals surface area contributed by atoms with Gasteiger partial charge in [0.15, 0.2) is 0 Å². The van der Waals surface area contributed by atoms with Crippen molar-refractivity contribution in [2.75, 3.05) is 24.3 Å². The van der Waals surface area contributed by atoms with Crippen LogP contribution in [0.15, 0.2) is 48.5 Å². The number of carbonyl (C=O) groups is 3. The van der Waals surface area contributed by atoms with Crippen molar-refractivity contribution in [3.8, 4) is 5.75 Å². The minimum absolute atomic E-state index is 0.0490. The van der Waals surface area contributed by atoms with Crippen molar-refractivity contribution in [2.45, 2.75) is 6.92 Å². The van der Waals surface area contributed by atoms with Gasteiger partial charge in [0, 0.05) is 18.2 Å². The first-order chi connectivity index (χ1) is 12.5. The summed E-state index contributed by atoms with van der Waals surface area (Å²) in [5.74, 6) is -0.553. The molecular weight excluding hydrogens is 336 g/mol.